The summed E-state index contributed by atoms with van der Waals surface area (Å²) in [5, 5.41) is 7.64. The fourth-order valence-corrected chi connectivity index (χ4v) is 2.87. The Morgan fingerprint density at radius 3 is 2.80 bits per heavy atom. The van der Waals surface area contributed by atoms with Gasteiger partial charge in [0, 0.05) is 18.0 Å². The number of furan rings is 1. The van der Waals surface area contributed by atoms with E-state index in [4.69, 9.17) is 10.2 Å². The predicted octanol–water partition coefficient (Wildman–Crippen LogP) is 2.23. The normalized spacial score (nSPS) is 14.0. The van der Waals surface area contributed by atoms with Crippen molar-refractivity contribution in [2.75, 3.05) is 11.9 Å². The molecule has 7 nitrogen and oxygen atoms in total. The van der Waals surface area contributed by atoms with Crippen LogP contribution >= 0.6 is 36.2 Å². The summed E-state index contributed by atoms with van der Waals surface area (Å²) in [4.78, 5) is 27.9. The highest BCUT2D eigenvalue weighted by molar-refractivity contribution is 7.14. The molecule has 2 aromatic heterocycles. The molecule has 2 aromatic rings. The van der Waals surface area contributed by atoms with Crippen LogP contribution in [0.15, 0.2) is 28.2 Å². The van der Waals surface area contributed by atoms with Crippen LogP contribution in [0.4, 0.5) is 5.13 Å². The Balaban J connectivity index is 0.00000156. The highest BCUT2D eigenvalue weighted by Crippen LogP contribution is 2.31. The zero-order valence-corrected chi connectivity index (χ0v) is 15.7. The standard InChI is InChI=1S/C15H18N4O3S.2ClH/c16-11(9-3-4-9)7-17-13(20)6-10-8-23-15(18-10)19-14(21)12-2-1-5-22-12;;/h1-2,5,8-9,11H,3-4,6-7,16H2,(H,17,20)(H,18,19,21);2*1H. The van der Waals surface area contributed by atoms with E-state index >= 15 is 0 Å². The molecule has 2 heterocycles. The van der Waals surface area contributed by atoms with Crippen molar-refractivity contribution in [3.63, 3.8) is 0 Å². The number of nitrogens with two attached hydrogens (primary N) is 1. The van der Waals surface area contributed by atoms with Crippen molar-refractivity contribution >= 4 is 53.1 Å². The Morgan fingerprint density at radius 1 is 1.40 bits per heavy atom. The molecule has 0 radical (unpaired) electrons. The molecule has 1 aliphatic carbocycles. The lowest BCUT2D eigenvalue weighted by Gasteiger charge is -2.10. The molecule has 10 heteroatoms. The maximum absolute atomic E-state index is 11.9. The molecule has 0 aromatic carbocycles. The third-order valence-corrected chi connectivity index (χ3v) is 4.43. The van der Waals surface area contributed by atoms with Crippen molar-refractivity contribution in [2.45, 2.75) is 25.3 Å². The highest BCUT2D eigenvalue weighted by atomic mass is 35.5. The lowest BCUT2D eigenvalue weighted by atomic mass is 10.2. The first-order valence-corrected chi connectivity index (χ1v) is 8.31. The van der Waals surface area contributed by atoms with Gasteiger partial charge in [-0.1, -0.05) is 0 Å². The number of nitrogens with zero attached hydrogens (tertiary/aromatic N) is 1. The lowest BCUT2D eigenvalue weighted by Crippen LogP contribution is -2.39. The SMILES string of the molecule is Cl.Cl.NC(CNC(=O)Cc1csc(NC(=O)c2ccco2)n1)C1CC1. The van der Waals surface area contributed by atoms with Crippen molar-refractivity contribution in [1.29, 1.82) is 0 Å². The van der Waals surface area contributed by atoms with Gasteiger partial charge in [-0.3, -0.25) is 14.9 Å². The van der Waals surface area contributed by atoms with Gasteiger partial charge >= 0.3 is 0 Å². The smallest absolute Gasteiger partial charge is 0.293 e. The molecule has 0 aliphatic heterocycles. The van der Waals surface area contributed by atoms with Crippen molar-refractivity contribution in [2.24, 2.45) is 11.7 Å². The van der Waals surface area contributed by atoms with E-state index in [1.54, 1.807) is 17.5 Å². The number of thiazole rings is 1. The van der Waals surface area contributed by atoms with Gasteiger partial charge in [-0.25, -0.2) is 4.98 Å². The van der Waals surface area contributed by atoms with Gasteiger partial charge in [0.2, 0.25) is 5.91 Å². The van der Waals surface area contributed by atoms with Gasteiger partial charge in [0.15, 0.2) is 10.9 Å². The first-order valence-electron chi connectivity index (χ1n) is 7.43. The van der Waals surface area contributed by atoms with Crippen molar-refractivity contribution in [3.8, 4) is 0 Å². The first-order chi connectivity index (χ1) is 11.1. The van der Waals surface area contributed by atoms with Crippen LogP contribution in [0.3, 0.4) is 0 Å². The second-order valence-electron chi connectivity index (χ2n) is 5.56. The van der Waals surface area contributed by atoms with Crippen molar-refractivity contribution < 1.29 is 14.0 Å². The molecular weight excluding hydrogens is 387 g/mol. The summed E-state index contributed by atoms with van der Waals surface area (Å²) >= 11 is 1.27. The van der Waals surface area contributed by atoms with Crippen LogP contribution < -0.4 is 16.4 Å². The minimum atomic E-state index is -0.365. The van der Waals surface area contributed by atoms with Crippen LogP contribution in [0.1, 0.15) is 29.1 Å². The second-order valence-corrected chi connectivity index (χ2v) is 6.42. The summed E-state index contributed by atoms with van der Waals surface area (Å²) < 4.78 is 5.01. The van der Waals surface area contributed by atoms with E-state index in [9.17, 15) is 9.59 Å². The number of hydrogen-bond donors (Lipinski definition) is 3. The third kappa shape index (κ3) is 6.32. The Hall–Kier alpha value is -1.61. The number of halogens is 2. The zero-order valence-electron chi connectivity index (χ0n) is 13.3. The topological polar surface area (TPSA) is 110 Å². The molecule has 4 N–H and O–H groups in total. The number of carbonyl (C=O) groups excluding carboxylic acids is 2. The summed E-state index contributed by atoms with van der Waals surface area (Å²) in [6.07, 6.45) is 3.91. The lowest BCUT2D eigenvalue weighted by molar-refractivity contribution is -0.120. The molecule has 3 rings (SSSR count). The van der Waals surface area contributed by atoms with Gasteiger partial charge in [-0.05, 0) is 30.9 Å². The van der Waals surface area contributed by atoms with Gasteiger partial charge in [0.05, 0.1) is 18.4 Å². The molecule has 1 unspecified atom stereocenters. The minimum absolute atomic E-state index is 0. The molecule has 0 bridgehead atoms. The molecule has 25 heavy (non-hydrogen) atoms. The molecule has 2 amide bonds. The molecule has 138 valence electrons. The monoisotopic (exact) mass is 406 g/mol. The maximum atomic E-state index is 11.9. The van der Waals surface area contributed by atoms with Gasteiger partial charge < -0.3 is 15.5 Å². The van der Waals surface area contributed by atoms with Crippen LogP contribution in [0.25, 0.3) is 0 Å². The van der Waals surface area contributed by atoms with Gasteiger partial charge in [-0.15, -0.1) is 36.2 Å². The fourth-order valence-electron chi connectivity index (χ4n) is 2.16. The van der Waals surface area contributed by atoms with E-state index in [0.717, 1.165) is 12.8 Å². The van der Waals surface area contributed by atoms with E-state index < -0.39 is 0 Å². The quantitative estimate of drug-likeness (QED) is 0.652. The summed E-state index contributed by atoms with van der Waals surface area (Å²) in [5.74, 6) is 0.289. The molecule has 1 fully saturated rings. The highest BCUT2D eigenvalue weighted by Gasteiger charge is 2.28. The summed E-state index contributed by atoms with van der Waals surface area (Å²) in [6.45, 7) is 0.496. The van der Waals surface area contributed by atoms with Gasteiger partial charge in [-0.2, -0.15) is 0 Å². The number of anilines is 1. The van der Waals surface area contributed by atoms with Crippen LogP contribution in [0, 0.1) is 5.92 Å². The Morgan fingerprint density at radius 2 is 2.16 bits per heavy atom. The number of carbonyl (C=O) groups is 2. The van der Waals surface area contributed by atoms with Crippen molar-refractivity contribution in [1.82, 2.24) is 10.3 Å². The Bertz CT molecular complexity index is 689. The van der Waals surface area contributed by atoms with E-state index in [-0.39, 0.29) is 54.9 Å². The number of hydrogen-bond acceptors (Lipinski definition) is 6. The van der Waals surface area contributed by atoms with Crippen LogP contribution in [0.5, 0.6) is 0 Å². The molecule has 1 atom stereocenters. The van der Waals surface area contributed by atoms with Crippen molar-refractivity contribution in [3.05, 3.63) is 35.2 Å². The third-order valence-electron chi connectivity index (χ3n) is 3.62. The second kappa shape index (κ2) is 9.76. The number of amides is 2. The first kappa shape index (κ1) is 21.4. The van der Waals surface area contributed by atoms with E-state index in [0.29, 0.717) is 23.3 Å². The maximum Gasteiger partial charge on any atom is 0.293 e. The summed E-state index contributed by atoms with van der Waals surface area (Å²) in [5.41, 5.74) is 6.55. The fraction of sp³-hybridized carbons (Fsp3) is 0.400. The van der Waals surface area contributed by atoms with E-state index in [2.05, 4.69) is 15.6 Å². The van der Waals surface area contributed by atoms with Crippen LogP contribution in [-0.2, 0) is 11.2 Å². The van der Waals surface area contributed by atoms with Crippen LogP contribution in [0.2, 0.25) is 0 Å². The Labute approximate surface area is 161 Å². The summed E-state index contributed by atoms with van der Waals surface area (Å²) in [7, 11) is 0. The molecular formula is C15H20Cl2N4O3S. The molecule has 0 spiro atoms. The Kier molecular flexibility index (Phi) is 8.37. The summed E-state index contributed by atoms with van der Waals surface area (Å²) in [6, 6.07) is 3.25. The minimum Gasteiger partial charge on any atom is -0.459 e. The van der Waals surface area contributed by atoms with Crippen LogP contribution in [-0.4, -0.2) is 29.4 Å². The van der Waals surface area contributed by atoms with E-state index in [1.165, 1.54) is 17.6 Å². The molecule has 0 saturated heterocycles. The van der Waals surface area contributed by atoms with Gasteiger partial charge in [0.25, 0.3) is 5.91 Å². The predicted molar refractivity (Wildman–Crippen MR) is 101 cm³/mol. The molecule has 1 aliphatic rings. The number of aromatic nitrogens is 1. The van der Waals surface area contributed by atoms with Gasteiger partial charge in [0.1, 0.15) is 0 Å². The largest absolute Gasteiger partial charge is 0.459 e. The average Bonchev–Trinajstić information content (AvgIpc) is 3.05. The zero-order chi connectivity index (χ0) is 16.2. The number of nitrogens with one attached hydrogen (secondary N) is 2. The molecule has 1 saturated carbocycles. The number of rotatable bonds is 7. The van der Waals surface area contributed by atoms with E-state index in [1.807, 2.05) is 0 Å². The average molecular weight is 407 g/mol.